The average Bonchev–Trinajstić information content (AvgIpc) is 1.82. The minimum absolute atomic E-state index is 1.07. The zero-order valence-corrected chi connectivity index (χ0v) is 7.84. The van der Waals surface area contributed by atoms with E-state index < -0.39 is 0 Å². The highest BCUT2D eigenvalue weighted by atomic mass is 15.3. The Morgan fingerprint density at radius 3 is 2.09 bits per heavy atom. The Bertz CT molecular complexity index is 137. The lowest BCUT2D eigenvalue weighted by Gasteiger charge is -2.44. The molecule has 0 spiro atoms. The van der Waals surface area contributed by atoms with Crippen molar-refractivity contribution in [1.82, 2.24) is 0 Å². The minimum atomic E-state index is 1.07. The van der Waals surface area contributed by atoms with Gasteiger partial charge in [-0.15, -0.1) is 0 Å². The molecule has 1 saturated heterocycles. The van der Waals surface area contributed by atoms with E-state index in [2.05, 4.69) is 14.1 Å². The first kappa shape index (κ1) is 7.60. The molecule has 1 aliphatic carbocycles. The lowest BCUT2D eigenvalue weighted by atomic mass is 9.77. The SMILES string of the molecule is C[N+]1(C)CC2CCCC(C2)C1. The summed E-state index contributed by atoms with van der Waals surface area (Å²) in [5.74, 6) is 2.13. The van der Waals surface area contributed by atoms with E-state index in [1.807, 2.05) is 0 Å². The summed E-state index contributed by atoms with van der Waals surface area (Å²) in [6.07, 6.45) is 6.08. The van der Waals surface area contributed by atoms with Crippen molar-refractivity contribution in [2.75, 3.05) is 27.2 Å². The van der Waals surface area contributed by atoms with Crippen LogP contribution in [-0.4, -0.2) is 31.7 Å². The van der Waals surface area contributed by atoms with Gasteiger partial charge in [0, 0.05) is 11.8 Å². The quantitative estimate of drug-likeness (QED) is 0.467. The first-order chi connectivity index (χ1) is 5.16. The van der Waals surface area contributed by atoms with Gasteiger partial charge in [-0.2, -0.15) is 0 Å². The van der Waals surface area contributed by atoms with Gasteiger partial charge in [-0.25, -0.2) is 0 Å². The molecule has 0 radical (unpaired) electrons. The van der Waals surface area contributed by atoms with Gasteiger partial charge in [0.1, 0.15) is 0 Å². The van der Waals surface area contributed by atoms with E-state index in [9.17, 15) is 0 Å². The van der Waals surface area contributed by atoms with Gasteiger partial charge in [0.2, 0.25) is 0 Å². The van der Waals surface area contributed by atoms with Crippen molar-refractivity contribution in [2.24, 2.45) is 11.8 Å². The van der Waals surface area contributed by atoms with Crippen LogP contribution < -0.4 is 0 Å². The highest BCUT2D eigenvalue weighted by Gasteiger charge is 2.36. The minimum Gasteiger partial charge on any atom is -0.328 e. The number of fused-ring (bicyclic) bond motifs is 2. The second kappa shape index (κ2) is 2.48. The summed E-state index contributed by atoms with van der Waals surface area (Å²) in [7, 11) is 4.79. The van der Waals surface area contributed by atoms with Crippen molar-refractivity contribution in [3.63, 3.8) is 0 Å². The molecule has 2 unspecified atom stereocenters. The molecular formula is C10H20N+. The van der Waals surface area contributed by atoms with Crippen molar-refractivity contribution in [2.45, 2.75) is 25.7 Å². The molecule has 2 aliphatic rings. The molecule has 2 bridgehead atoms. The Morgan fingerprint density at radius 1 is 1.00 bits per heavy atom. The molecule has 1 heteroatoms. The second-order valence-corrected chi connectivity index (χ2v) is 5.20. The lowest BCUT2D eigenvalue weighted by Crippen LogP contribution is -2.52. The third kappa shape index (κ3) is 1.58. The maximum Gasteiger partial charge on any atom is 0.0811 e. The molecule has 0 aromatic heterocycles. The summed E-state index contributed by atoms with van der Waals surface area (Å²) >= 11 is 0. The molecule has 2 rings (SSSR count). The smallest absolute Gasteiger partial charge is 0.0811 e. The molecule has 1 saturated carbocycles. The Labute approximate surface area is 70.0 Å². The molecular weight excluding hydrogens is 134 g/mol. The number of hydrogen-bond donors (Lipinski definition) is 0. The van der Waals surface area contributed by atoms with Crippen molar-refractivity contribution < 1.29 is 4.48 Å². The largest absolute Gasteiger partial charge is 0.328 e. The van der Waals surface area contributed by atoms with Crippen LogP contribution in [0.15, 0.2) is 0 Å². The third-order valence-electron chi connectivity index (χ3n) is 3.40. The van der Waals surface area contributed by atoms with Crippen LogP contribution in [0.2, 0.25) is 0 Å². The summed E-state index contributed by atoms with van der Waals surface area (Å²) in [5, 5.41) is 0. The fourth-order valence-corrected chi connectivity index (χ4v) is 3.21. The number of nitrogens with zero attached hydrogens (tertiary/aromatic N) is 1. The predicted molar refractivity (Wildman–Crippen MR) is 47.3 cm³/mol. The molecule has 11 heavy (non-hydrogen) atoms. The van der Waals surface area contributed by atoms with E-state index in [-0.39, 0.29) is 0 Å². The highest BCUT2D eigenvalue weighted by Crippen LogP contribution is 2.35. The van der Waals surface area contributed by atoms with Crippen molar-refractivity contribution in [3.05, 3.63) is 0 Å². The van der Waals surface area contributed by atoms with Crippen LogP contribution in [0, 0.1) is 11.8 Å². The van der Waals surface area contributed by atoms with E-state index in [1.165, 1.54) is 36.8 Å². The summed E-state index contributed by atoms with van der Waals surface area (Å²) in [6, 6.07) is 0. The first-order valence-electron chi connectivity index (χ1n) is 4.98. The summed E-state index contributed by atoms with van der Waals surface area (Å²) < 4.78 is 1.29. The molecule has 2 atom stereocenters. The Kier molecular flexibility index (Phi) is 1.71. The molecule has 0 amide bonds. The monoisotopic (exact) mass is 154 g/mol. The number of rotatable bonds is 0. The highest BCUT2D eigenvalue weighted by molar-refractivity contribution is 4.76. The van der Waals surface area contributed by atoms with E-state index in [0.29, 0.717) is 0 Å². The van der Waals surface area contributed by atoms with E-state index in [1.54, 1.807) is 6.42 Å². The van der Waals surface area contributed by atoms with Gasteiger partial charge in [0.15, 0.2) is 0 Å². The molecule has 1 nitrogen and oxygen atoms in total. The fraction of sp³-hybridized carbons (Fsp3) is 1.00. The van der Waals surface area contributed by atoms with Crippen LogP contribution in [0.5, 0.6) is 0 Å². The maximum absolute atomic E-state index is 2.39. The number of piperidine rings is 1. The second-order valence-electron chi connectivity index (χ2n) is 5.20. The van der Waals surface area contributed by atoms with Gasteiger partial charge in [-0.05, 0) is 19.3 Å². The average molecular weight is 154 g/mol. The maximum atomic E-state index is 2.39. The van der Waals surface area contributed by atoms with Crippen LogP contribution in [0.25, 0.3) is 0 Å². The Balaban J connectivity index is 2.05. The van der Waals surface area contributed by atoms with E-state index in [4.69, 9.17) is 0 Å². The lowest BCUT2D eigenvalue weighted by molar-refractivity contribution is -0.903. The first-order valence-corrected chi connectivity index (χ1v) is 4.98. The van der Waals surface area contributed by atoms with Gasteiger partial charge in [0.25, 0.3) is 0 Å². The van der Waals surface area contributed by atoms with Gasteiger partial charge in [-0.1, -0.05) is 6.42 Å². The van der Waals surface area contributed by atoms with Gasteiger partial charge < -0.3 is 4.48 Å². The van der Waals surface area contributed by atoms with Crippen molar-refractivity contribution in [3.8, 4) is 0 Å². The molecule has 0 aromatic rings. The topological polar surface area (TPSA) is 0 Å². The van der Waals surface area contributed by atoms with Gasteiger partial charge in [-0.3, -0.25) is 0 Å². The summed E-state index contributed by atoms with van der Waals surface area (Å²) in [6.45, 7) is 2.88. The molecule has 1 heterocycles. The Morgan fingerprint density at radius 2 is 1.55 bits per heavy atom. The standard InChI is InChI=1S/C10H20N/c1-11(2)7-9-4-3-5-10(6-9)8-11/h9-10H,3-8H2,1-2H3/q+1. The van der Waals surface area contributed by atoms with Gasteiger partial charge >= 0.3 is 0 Å². The molecule has 0 aromatic carbocycles. The molecule has 1 aliphatic heterocycles. The van der Waals surface area contributed by atoms with Crippen molar-refractivity contribution in [1.29, 1.82) is 0 Å². The predicted octanol–water partition coefficient (Wildman–Crippen LogP) is 1.88. The fourth-order valence-electron chi connectivity index (χ4n) is 3.21. The molecule has 64 valence electrons. The van der Waals surface area contributed by atoms with Crippen LogP contribution in [-0.2, 0) is 0 Å². The molecule has 0 N–H and O–H groups in total. The van der Waals surface area contributed by atoms with Crippen LogP contribution in [0.3, 0.4) is 0 Å². The van der Waals surface area contributed by atoms with E-state index >= 15 is 0 Å². The van der Waals surface area contributed by atoms with Crippen molar-refractivity contribution >= 4 is 0 Å². The third-order valence-corrected chi connectivity index (χ3v) is 3.40. The number of quaternary nitrogens is 1. The molecule has 2 fully saturated rings. The van der Waals surface area contributed by atoms with Crippen LogP contribution in [0.1, 0.15) is 25.7 Å². The van der Waals surface area contributed by atoms with E-state index in [0.717, 1.165) is 11.8 Å². The zero-order valence-electron chi connectivity index (χ0n) is 7.84. The Hall–Kier alpha value is -0.0400. The van der Waals surface area contributed by atoms with Gasteiger partial charge in [0.05, 0.1) is 27.2 Å². The number of hydrogen-bond acceptors (Lipinski definition) is 0. The van der Waals surface area contributed by atoms with Crippen LogP contribution >= 0.6 is 0 Å². The summed E-state index contributed by atoms with van der Waals surface area (Å²) in [5.41, 5.74) is 0. The normalized spacial score (nSPS) is 42.0. The number of likely N-dealkylation sites (tertiary alicyclic amines) is 1. The van der Waals surface area contributed by atoms with Crippen LogP contribution in [0.4, 0.5) is 0 Å². The zero-order chi connectivity index (χ0) is 7.90. The summed E-state index contributed by atoms with van der Waals surface area (Å²) in [4.78, 5) is 0.